The number of carbonyl (C=O) groups is 4. The summed E-state index contributed by atoms with van der Waals surface area (Å²) < 4.78 is 13.9. The summed E-state index contributed by atoms with van der Waals surface area (Å²) in [5.74, 6) is 1.16. The van der Waals surface area contributed by atoms with Crippen molar-refractivity contribution < 1.29 is 29.4 Å². The number of hydrogen-bond donors (Lipinski definition) is 3. The molecule has 2 aliphatic rings. The number of aromatic hydroxyl groups is 2. The number of benzene rings is 4. The highest BCUT2D eigenvalue weighted by Gasteiger charge is 2.22. The molecule has 0 unspecified atom stereocenters. The first kappa shape index (κ1) is 51.9. The molecule has 5 amide bonds. The number of phenolic OH excluding ortho intramolecular Hbond substituents is 2. The number of anilines is 6. The lowest BCUT2D eigenvalue weighted by molar-refractivity contribution is -0.128. The van der Waals surface area contributed by atoms with Crippen molar-refractivity contribution in [2.24, 2.45) is 0 Å². The van der Waals surface area contributed by atoms with E-state index in [0.29, 0.717) is 18.2 Å². The lowest BCUT2D eigenvalue weighted by Crippen LogP contribution is -2.46. The van der Waals surface area contributed by atoms with Crippen molar-refractivity contribution >= 4 is 57.9 Å². The van der Waals surface area contributed by atoms with Crippen molar-refractivity contribution in [1.82, 2.24) is 20.0 Å². The molecule has 2 aliphatic heterocycles. The van der Waals surface area contributed by atoms with Crippen molar-refractivity contribution in [3.8, 4) is 11.5 Å². The molecule has 4 aromatic rings. The number of ketones is 1. The SMILES string of the molecule is C.CC.CC(C)=O.[2H]Oc1ccc(N2CCN(c3ccc(N(C)C(=O)N(C)CN(C)C(C)=O)cc3)CC2)cc1.[2H]Oc1ccc(N2CCN(c3ccc(N(C)C(=O)N(C)CNC)cc3)CC2)cc1. The second kappa shape index (κ2) is 27.6. The molecule has 16 nitrogen and oxygen atoms in total. The van der Waals surface area contributed by atoms with E-state index in [1.807, 2.05) is 93.7 Å². The lowest BCUT2D eigenvalue weighted by atomic mass is 10.2. The fourth-order valence-electron chi connectivity index (χ4n) is 7.05. The average Bonchev–Trinajstić information content (AvgIpc) is 3.36. The van der Waals surface area contributed by atoms with Crippen LogP contribution in [0.25, 0.3) is 0 Å². The van der Waals surface area contributed by atoms with Crippen molar-refractivity contribution in [3.63, 3.8) is 0 Å². The molecule has 0 atom stereocenters. The number of phenols is 2. The van der Waals surface area contributed by atoms with Gasteiger partial charge >= 0.3 is 12.1 Å². The minimum absolute atomic E-state index is 0. The topological polar surface area (TPSA) is 150 Å². The van der Waals surface area contributed by atoms with E-state index >= 15 is 0 Å². The molecular weight excluding hydrogens is 837 g/mol. The molecule has 0 spiro atoms. The van der Waals surface area contributed by atoms with E-state index in [4.69, 9.17) is 2.86 Å². The number of nitrogens with zero attached hydrogens (tertiary/aromatic N) is 9. The quantitative estimate of drug-likeness (QED) is 0.123. The van der Waals surface area contributed by atoms with Crippen LogP contribution in [0.15, 0.2) is 97.1 Å². The molecule has 2 saturated heterocycles. The number of hydrogen-bond acceptors (Lipinski definition) is 11. The first-order valence-corrected chi connectivity index (χ1v) is 22.0. The molecule has 4 aromatic carbocycles. The van der Waals surface area contributed by atoms with Crippen LogP contribution in [0.3, 0.4) is 0 Å². The Morgan fingerprint density at radius 1 is 0.515 bits per heavy atom. The number of rotatable bonds is 12. The van der Waals surface area contributed by atoms with E-state index in [2.05, 4.69) is 47.3 Å². The van der Waals surface area contributed by atoms with Crippen LogP contribution in [0.1, 0.15) is 42.0 Å². The molecule has 0 aliphatic carbocycles. The Kier molecular flexibility index (Phi) is 21.7. The molecule has 2 heterocycles. The van der Waals surface area contributed by atoms with Gasteiger partial charge in [-0.15, -0.1) is 0 Å². The van der Waals surface area contributed by atoms with Crippen molar-refractivity contribution in [2.75, 3.05) is 137 Å². The fraction of sp³-hybridized carbons (Fsp3) is 0.440. The van der Waals surface area contributed by atoms with Gasteiger partial charge in [0.2, 0.25) is 5.91 Å². The Morgan fingerprint density at radius 3 is 1.05 bits per heavy atom. The largest absolute Gasteiger partial charge is 0.508 e. The fourth-order valence-corrected chi connectivity index (χ4v) is 7.05. The Hall–Kier alpha value is -6.68. The number of amides is 5. The maximum atomic E-state index is 12.7. The van der Waals surface area contributed by atoms with Crippen molar-refractivity contribution in [2.45, 2.75) is 42.0 Å². The van der Waals surface area contributed by atoms with E-state index in [-0.39, 0.29) is 37.8 Å². The van der Waals surface area contributed by atoms with Gasteiger partial charge in [0.1, 0.15) is 17.3 Å². The van der Waals surface area contributed by atoms with E-state index < -0.39 is 0 Å². The number of carbonyl (C=O) groups excluding carboxylic acids is 4. The normalized spacial score (nSPS) is 13.2. The molecule has 362 valence electrons. The molecule has 2 fully saturated rings. The van der Waals surface area contributed by atoms with E-state index in [1.54, 1.807) is 62.1 Å². The van der Waals surface area contributed by atoms with Crippen LogP contribution in [0.4, 0.5) is 43.7 Å². The van der Waals surface area contributed by atoms with Crippen LogP contribution in [-0.2, 0) is 9.59 Å². The highest BCUT2D eigenvalue weighted by atomic mass is 16.3. The molecule has 16 heteroatoms. The monoisotopic (exact) mass is 915 g/mol. The lowest BCUT2D eigenvalue weighted by Gasteiger charge is -2.37. The molecule has 66 heavy (non-hydrogen) atoms. The average molecular weight is 915 g/mol. The third-order valence-electron chi connectivity index (χ3n) is 10.8. The summed E-state index contributed by atoms with van der Waals surface area (Å²) in [6, 6.07) is 31.1. The van der Waals surface area contributed by atoms with Crippen LogP contribution >= 0.6 is 0 Å². The van der Waals surface area contributed by atoms with Crippen molar-refractivity contribution in [1.29, 1.82) is 2.86 Å². The zero-order chi connectivity index (χ0) is 49.6. The number of urea groups is 2. The minimum Gasteiger partial charge on any atom is -0.508 e. The third kappa shape index (κ3) is 16.7. The van der Waals surface area contributed by atoms with Gasteiger partial charge in [-0.3, -0.25) is 14.6 Å². The molecule has 6 rings (SSSR count). The summed E-state index contributed by atoms with van der Waals surface area (Å²) in [6.45, 7) is 16.6. The van der Waals surface area contributed by atoms with Gasteiger partial charge in [0.05, 0.1) is 13.3 Å². The minimum atomic E-state index is -0.179. The maximum Gasteiger partial charge on any atom is 0.325 e. The smallest absolute Gasteiger partial charge is 0.325 e. The van der Waals surface area contributed by atoms with E-state index in [0.717, 1.165) is 86.5 Å². The van der Waals surface area contributed by atoms with Crippen LogP contribution in [0.2, 0.25) is 0 Å². The van der Waals surface area contributed by atoms with Crippen LogP contribution in [0.5, 0.6) is 11.5 Å². The number of nitrogens with one attached hydrogen (secondary N) is 1. The summed E-state index contributed by atoms with van der Waals surface area (Å²) in [4.78, 5) is 63.2. The van der Waals surface area contributed by atoms with Gasteiger partial charge < -0.3 is 54.6 Å². The zero-order valence-corrected chi connectivity index (χ0v) is 40.3. The number of piperazine rings is 2. The van der Waals surface area contributed by atoms with Gasteiger partial charge in [-0.1, -0.05) is 21.3 Å². The molecule has 3 N–H and O–H groups in total. The molecule has 0 saturated carbocycles. The zero-order valence-electron chi connectivity index (χ0n) is 42.3. The van der Waals surface area contributed by atoms with Crippen LogP contribution in [0, 0.1) is 0 Å². The Morgan fingerprint density at radius 2 is 0.788 bits per heavy atom. The van der Waals surface area contributed by atoms with Gasteiger partial charge in [0, 0.05) is 129 Å². The highest BCUT2D eigenvalue weighted by Crippen LogP contribution is 2.27. The summed E-state index contributed by atoms with van der Waals surface area (Å²) in [5.41, 5.74) is 6.23. The van der Waals surface area contributed by atoms with Crippen molar-refractivity contribution in [3.05, 3.63) is 97.1 Å². The third-order valence-corrected chi connectivity index (χ3v) is 10.8. The first-order chi connectivity index (χ1) is 32.1. The number of Topliss-reactive ketones (excluding diaryl/α,β-unsaturated/α-hetero) is 1. The second-order valence-corrected chi connectivity index (χ2v) is 15.8. The van der Waals surface area contributed by atoms with Gasteiger partial charge in [-0.2, -0.15) is 0 Å². The van der Waals surface area contributed by atoms with Crippen LogP contribution < -0.4 is 34.7 Å². The Bertz CT molecular complexity index is 2100. The molecular formula is C50H76N10O6. The molecule has 0 aromatic heterocycles. The molecule has 0 radical (unpaired) electrons. The molecule has 0 bridgehead atoms. The maximum absolute atomic E-state index is 12.7. The predicted octanol–water partition coefficient (Wildman–Crippen LogP) is 7.28. The summed E-state index contributed by atoms with van der Waals surface area (Å²) in [5, 5.41) is 12.0. The first-order valence-electron chi connectivity index (χ1n) is 22.9. The summed E-state index contributed by atoms with van der Waals surface area (Å²) >= 11 is 0. The van der Waals surface area contributed by atoms with E-state index in [9.17, 15) is 19.2 Å². The highest BCUT2D eigenvalue weighted by molar-refractivity contribution is 5.92. The summed E-state index contributed by atoms with van der Waals surface area (Å²) in [7, 11) is 10.5. The van der Waals surface area contributed by atoms with Gasteiger partial charge in [0.25, 0.3) is 2.86 Å². The van der Waals surface area contributed by atoms with Gasteiger partial charge in [0.15, 0.2) is 0 Å². The Balaban J connectivity index is 0.000000414. The summed E-state index contributed by atoms with van der Waals surface area (Å²) in [6.07, 6.45) is 0. The van der Waals surface area contributed by atoms with E-state index in [1.165, 1.54) is 30.6 Å². The van der Waals surface area contributed by atoms with Gasteiger partial charge in [-0.05, 0) is 118 Å². The van der Waals surface area contributed by atoms with Crippen LogP contribution in [-0.4, -0.2) is 160 Å². The Labute approximate surface area is 397 Å². The van der Waals surface area contributed by atoms with Gasteiger partial charge in [-0.25, -0.2) is 9.59 Å². The predicted molar refractivity (Wildman–Crippen MR) is 273 cm³/mol. The standard InChI is InChI=1S/C23H31N5O3.C21H29N5O2.C3H6O.C2H6.CH4/c1-18(29)24(2)17-25(3)23(31)26(4)19-5-7-20(8-6-19)27-13-15-28(16-14-27)21-9-11-22(30)12-10-21;1-22-16-23(2)21(28)24(3)17-4-6-18(7-5-17)25-12-14-26(15-13-25)19-8-10-20(27)11-9-19;1-3(2)4;1-2;/h5-12,30H,13-17H2,1-4H3;4-11,22,27H,12-16H2,1-3H3;1-2H3;1-2H3;1H4/i/hD2. The second-order valence-electron chi connectivity index (χ2n) is 15.8.